The van der Waals surface area contributed by atoms with E-state index in [2.05, 4.69) is 4.98 Å². The summed E-state index contributed by atoms with van der Waals surface area (Å²) in [6.07, 6.45) is 3.26. The second kappa shape index (κ2) is 9.89. The lowest BCUT2D eigenvalue weighted by Gasteiger charge is -2.30. The average molecular weight is 418 g/mol. The number of pyridine rings is 1. The van der Waals surface area contributed by atoms with E-state index in [9.17, 15) is 14.7 Å². The molecule has 0 saturated heterocycles. The van der Waals surface area contributed by atoms with Gasteiger partial charge in [-0.25, -0.2) is 4.79 Å². The number of hydrogen-bond donors (Lipinski definition) is 1. The maximum atomic E-state index is 13.5. The molecular weight excluding hydrogens is 392 g/mol. The fraction of sp³-hybridized carbons (Fsp3) is 0.240. The molecule has 3 aromatic rings. The van der Waals surface area contributed by atoms with Gasteiger partial charge in [0.05, 0.1) is 12.7 Å². The highest BCUT2D eigenvalue weighted by Crippen LogP contribution is 2.21. The lowest BCUT2D eigenvalue weighted by atomic mass is 10.0. The van der Waals surface area contributed by atoms with Gasteiger partial charge in [-0.2, -0.15) is 0 Å². The van der Waals surface area contributed by atoms with Gasteiger partial charge in [-0.15, -0.1) is 0 Å². The molecule has 0 aliphatic carbocycles. The van der Waals surface area contributed by atoms with Gasteiger partial charge in [0.15, 0.2) is 0 Å². The van der Waals surface area contributed by atoms with Gasteiger partial charge in [0, 0.05) is 25.4 Å². The lowest BCUT2D eigenvalue weighted by molar-refractivity contribution is -0.142. The van der Waals surface area contributed by atoms with Crippen LogP contribution in [-0.4, -0.2) is 40.0 Å². The molecule has 1 amide bonds. The Morgan fingerprint density at radius 3 is 2.45 bits per heavy atom. The van der Waals surface area contributed by atoms with Crippen molar-refractivity contribution in [2.24, 2.45) is 0 Å². The van der Waals surface area contributed by atoms with Gasteiger partial charge < -0.3 is 14.7 Å². The number of aryl methyl sites for hydroxylation is 2. The van der Waals surface area contributed by atoms with Crippen molar-refractivity contribution in [1.29, 1.82) is 0 Å². The summed E-state index contributed by atoms with van der Waals surface area (Å²) in [6, 6.07) is 15.7. The van der Waals surface area contributed by atoms with Crippen molar-refractivity contribution in [3.63, 3.8) is 0 Å². The number of nitrogens with zero attached hydrogens (tertiary/aromatic N) is 2. The van der Waals surface area contributed by atoms with Gasteiger partial charge in [0.1, 0.15) is 11.8 Å². The van der Waals surface area contributed by atoms with E-state index < -0.39 is 12.0 Å². The van der Waals surface area contributed by atoms with E-state index in [1.165, 1.54) is 11.1 Å². The smallest absolute Gasteiger partial charge is 0.326 e. The predicted molar refractivity (Wildman–Crippen MR) is 118 cm³/mol. The van der Waals surface area contributed by atoms with E-state index in [1.807, 2.05) is 50.2 Å². The van der Waals surface area contributed by atoms with Crippen LogP contribution in [0.3, 0.4) is 0 Å². The van der Waals surface area contributed by atoms with Crippen LogP contribution in [0.2, 0.25) is 0 Å². The molecular formula is C25H26N2O4. The molecule has 160 valence electrons. The summed E-state index contributed by atoms with van der Waals surface area (Å²) in [4.78, 5) is 31.3. The number of amides is 1. The molecule has 2 aromatic carbocycles. The number of methoxy groups -OCH3 is 1. The number of carbonyl (C=O) groups excluding carboxylic acids is 1. The first kappa shape index (κ1) is 22.0. The summed E-state index contributed by atoms with van der Waals surface area (Å²) in [5.41, 5.74) is 3.87. The van der Waals surface area contributed by atoms with Gasteiger partial charge in [0.2, 0.25) is 0 Å². The zero-order chi connectivity index (χ0) is 22.4. The Morgan fingerprint density at radius 1 is 1.06 bits per heavy atom. The van der Waals surface area contributed by atoms with Crippen molar-refractivity contribution < 1.29 is 19.4 Å². The van der Waals surface area contributed by atoms with Gasteiger partial charge in [-0.3, -0.25) is 9.78 Å². The van der Waals surface area contributed by atoms with Crippen molar-refractivity contribution in [1.82, 2.24) is 9.88 Å². The number of carboxylic acids is 1. The standard InChI is InChI=1S/C25H26N2O4/c1-17-7-9-19(10-8-17)16-27(24(28)22-15-26-12-11-18(22)2)23(25(29)30)14-20-5-4-6-21(13-20)31-3/h4-13,15,23H,14,16H2,1-3H3,(H,29,30)/t23-/m0/s1. The van der Waals surface area contributed by atoms with Crippen molar-refractivity contribution in [3.05, 3.63) is 94.8 Å². The van der Waals surface area contributed by atoms with Crippen LogP contribution in [0.1, 0.15) is 32.6 Å². The van der Waals surface area contributed by atoms with E-state index in [1.54, 1.807) is 31.5 Å². The number of aliphatic carboxylic acids is 1. The van der Waals surface area contributed by atoms with E-state index in [4.69, 9.17) is 4.74 Å². The van der Waals surface area contributed by atoms with Crippen molar-refractivity contribution in [3.8, 4) is 5.75 Å². The Hall–Kier alpha value is -3.67. The zero-order valence-corrected chi connectivity index (χ0v) is 17.9. The molecule has 0 aliphatic rings. The number of carbonyl (C=O) groups is 2. The number of ether oxygens (including phenoxy) is 1. The predicted octanol–water partition coefficient (Wildman–Crippen LogP) is 4.05. The maximum absolute atomic E-state index is 13.5. The Morgan fingerprint density at radius 2 is 1.81 bits per heavy atom. The molecule has 6 nitrogen and oxygen atoms in total. The molecule has 3 rings (SSSR count). The molecule has 0 bridgehead atoms. The van der Waals surface area contributed by atoms with Crippen LogP contribution in [-0.2, 0) is 17.8 Å². The fourth-order valence-electron chi connectivity index (χ4n) is 3.41. The minimum atomic E-state index is -1.06. The normalized spacial score (nSPS) is 11.6. The lowest BCUT2D eigenvalue weighted by Crippen LogP contribution is -2.46. The first-order valence-electron chi connectivity index (χ1n) is 10.0. The molecule has 0 fully saturated rings. The molecule has 0 aliphatic heterocycles. The second-order valence-electron chi connectivity index (χ2n) is 7.52. The first-order valence-corrected chi connectivity index (χ1v) is 10.0. The maximum Gasteiger partial charge on any atom is 0.326 e. The minimum absolute atomic E-state index is 0.156. The Balaban J connectivity index is 2.00. The molecule has 1 aromatic heterocycles. The molecule has 0 unspecified atom stereocenters. The van der Waals surface area contributed by atoms with Crippen LogP contribution >= 0.6 is 0 Å². The summed E-state index contributed by atoms with van der Waals surface area (Å²) in [7, 11) is 1.56. The topological polar surface area (TPSA) is 79.7 Å². The third-order valence-corrected chi connectivity index (χ3v) is 5.23. The van der Waals surface area contributed by atoms with Crippen molar-refractivity contribution in [2.75, 3.05) is 7.11 Å². The number of hydrogen-bond acceptors (Lipinski definition) is 4. The molecule has 1 heterocycles. The van der Waals surface area contributed by atoms with E-state index in [0.717, 1.165) is 22.3 Å². The van der Waals surface area contributed by atoms with Crippen LogP contribution in [0, 0.1) is 13.8 Å². The molecule has 0 radical (unpaired) electrons. The average Bonchev–Trinajstić information content (AvgIpc) is 2.77. The van der Waals surface area contributed by atoms with Gasteiger partial charge in [0.25, 0.3) is 5.91 Å². The van der Waals surface area contributed by atoms with Crippen LogP contribution < -0.4 is 4.74 Å². The summed E-state index contributed by atoms with van der Waals surface area (Å²) >= 11 is 0. The highest BCUT2D eigenvalue weighted by atomic mass is 16.5. The van der Waals surface area contributed by atoms with Crippen molar-refractivity contribution in [2.45, 2.75) is 32.9 Å². The van der Waals surface area contributed by atoms with Crippen LogP contribution in [0.4, 0.5) is 0 Å². The number of carboxylic acid groups (broad SMARTS) is 1. The molecule has 1 N–H and O–H groups in total. The Kier molecular flexibility index (Phi) is 7.03. The first-order chi connectivity index (χ1) is 14.9. The van der Waals surface area contributed by atoms with E-state index >= 15 is 0 Å². The number of benzene rings is 2. The van der Waals surface area contributed by atoms with E-state index in [-0.39, 0.29) is 18.9 Å². The Bertz CT molecular complexity index is 1060. The van der Waals surface area contributed by atoms with Crippen LogP contribution in [0.25, 0.3) is 0 Å². The monoisotopic (exact) mass is 418 g/mol. The zero-order valence-electron chi connectivity index (χ0n) is 17.9. The highest BCUT2D eigenvalue weighted by molar-refractivity contribution is 5.97. The van der Waals surface area contributed by atoms with Crippen LogP contribution in [0.15, 0.2) is 67.0 Å². The second-order valence-corrected chi connectivity index (χ2v) is 7.52. The summed E-state index contributed by atoms with van der Waals surface area (Å²) in [6.45, 7) is 3.97. The molecule has 0 saturated carbocycles. The van der Waals surface area contributed by atoms with Gasteiger partial charge >= 0.3 is 5.97 Å². The summed E-state index contributed by atoms with van der Waals surface area (Å²) in [5, 5.41) is 10.1. The quantitative estimate of drug-likeness (QED) is 0.597. The molecule has 6 heteroatoms. The summed E-state index contributed by atoms with van der Waals surface area (Å²) < 4.78 is 5.26. The number of aromatic nitrogens is 1. The Labute approximate surface area is 182 Å². The SMILES string of the molecule is COc1cccc(C[C@@H](C(=O)O)N(Cc2ccc(C)cc2)C(=O)c2cnccc2C)c1. The van der Waals surface area contributed by atoms with Gasteiger partial charge in [-0.05, 0) is 48.7 Å². The van der Waals surface area contributed by atoms with Crippen molar-refractivity contribution >= 4 is 11.9 Å². The fourth-order valence-corrected chi connectivity index (χ4v) is 3.41. The van der Waals surface area contributed by atoms with Gasteiger partial charge in [-0.1, -0.05) is 42.0 Å². The third-order valence-electron chi connectivity index (χ3n) is 5.23. The van der Waals surface area contributed by atoms with Crippen LogP contribution in [0.5, 0.6) is 5.75 Å². The minimum Gasteiger partial charge on any atom is -0.497 e. The third kappa shape index (κ3) is 5.48. The van der Waals surface area contributed by atoms with E-state index in [0.29, 0.717) is 11.3 Å². The number of rotatable bonds is 8. The molecule has 0 spiro atoms. The summed E-state index contributed by atoms with van der Waals surface area (Å²) in [5.74, 6) is -0.785. The molecule has 31 heavy (non-hydrogen) atoms. The molecule has 1 atom stereocenters. The highest BCUT2D eigenvalue weighted by Gasteiger charge is 2.31. The largest absolute Gasteiger partial charge is 0.497 e.